The molecule has 0 saturated heterocycles. The zero-order valence-corrected chi connectivity index (χ0v) is 25.4. The number of fused-ring (bicyclic) bond motifs is 1. The van der Waals surface area contributed by atoms with Crippen molar-refractivity contribution in [2.75, 3.05) is 17.7 Å². The summed E-state index contributed by atoms with van der Waals surface area (Å²) < 4.78 is 5.16. The molecule has 216 valence electrons. The third kappa shape index (κ3) is 7.12. The van der Waals surface area contributed by atoms with Crippen LogP contribution in [0.5, 0.6) is 0 Å². The maximum Gasteiger partial charge on any atom is 0.341 e. The Morgan fingerprint density at radius 3 is 2.33 bits per heavy atom. The predicted molar refractivity (Wildman–Crippen MR) is 171 cm³/mol. The Hall–Kier alpha value is -3.88. The van der Waals surface area contributed by atoms with E-state index < -0.39 is 11.2 Å². The highest BCUT2D eigenvalue weighted by molar-refractivity contribution is 8.00. The van der Waals surface area contributed by atoms with E-state index in [-0.39, 0.29) is 11.8 Å². The lowest BCUT2D eigenvalue weighted by Gasteiger charge is -2.18. The van der Waals surface area contributed by atoms with Crippen LogP contribution in [0.2, 0.25) is 0 Å². The van der Waals surface area contributed by atoms with Crippen molar-refractivity contribution in [1.29, 1.82) is 0 Å². The Morgan fingerprint density at radius 2 is 1.60 bits per heavy atom. The van der Waals surface area contributed by atoms with Gasteiger partial charge in [-0.25, -0.2) is 4.79 Å². The summed E-state index contributed by atoms with van der Waals surface area (Å²) in [7, 11) is 1.38. The standard InChI is InChI=1S/C34H34N2O4S2/c1-22-17-19-24(20-18-22)31(37)35-25-13-10-14-26(21-25)41-30(23-11-6-5-7-12-23)32(38)36-33-29(34(39)40-2)27-15-8-3-4-9-16-28(27)42-33/h5-7,10-14,17-21,30H,3-4,8-9,15-16H2,1-2H3,(H,35,37)(H,36,38). The first-order valence-electron chi connectivity index (χ1n) is 14.2. The van der Waals surface area contributed by atoms with Crippen molar-refractivity contribution in [2.45, 2.75) is 55.6 Å². The number of carbonyl (C=O) groups excluding carboxylic acids is 3. The fourth-order valence-corrected chi connectivity index (χ4v) is 7.46. The summed E-state index contributed by atoms with van der Waals surface area (Å²) in [5.41, 5.74) is 4.65. The number of anilines is 2. The van der Waals surface area contributed by atoms with E-state index in [1.54, 1.807) is 12.1 Å². The largest absolute Gasteiger partial charge is 0.465 e. The molecule has 6 nitrogen and oxygen atoms in total. The van der Waals surface area contributed by atoms with Gasteiger partial charge in [-0.1, -0.05) is 66.9 Å². The predicted octanol–water partition coefficient (Wildman–Crippen LogP) is 8.23. The molecule has 1 unspecified atom stereocenters. The molecule has 0 spiro atoms. The van der Waals surface area contributed by atoms with Crippen LogP contribution in [0, 0.1) is 6.92 Å². The van der Waals surface area contributed by atoms with Gasteiger partial charge in [0.25, 0.3) is 5.91 Å². The Kier molecular flexibility index (Phi) is 9.77. The zero-order valence-electron chi connectivity index (χ0n) is 23.8. The maximum absolute atomic E-state index is 14.0. The highest BCUT2D eigenvalue weighted by Crippen LogP contribution is 2.41. The highest BCUT2D eigenvalue weighted by Gasteiger charge is 2.29. The number of aryl methyl sites for hydroxylation is 2. The summed E-state index contributed by atoms with van der Waals surface area (Å²) in [5.74, 6) is -0.831. The lowest BCUT2D eigenvalue weighted by Crippen LogP contribution is -2.20. The van der Waals surface area contributed by atoms with Crippen LogP contribution in [0.3, 0.4) is 0 Å². The topological polar surface area (TPSA) is 84.5 Å². The lowest BCUT2D eigenvalue weighted by atomic mass is 9.96. The monoisotopic (exact) mass is 598 g/mol. The molecule has 0 aliphatic heterocycles. The van der Waals surface area contributed by atoms with E-state index in [2.05, 4.69) is 10.6 Å². The first-order chi connectivity index (χ1) is 20.4. The van der Waals surface area contributed by atoms with Crippen LogP contribution in [0.25, 0.3) is 0 Å². The first kappa shape index (κ1) is 29.6. The molecule has 2 amide bonds. The summed E-state index contributed by atoms with van der Waals surface area (Å²) in [6.07, 6.45) is 6.10. The molecular formula is C34H34N2O4S2. The van der Waals surface area contributed by atoms with Crippen molar-refractivity contribution >= 4 is 51.6 Å². The molecule has 5 rings (SSSR count). The van der Waals surface area contributed by atoms with Gasteiger partial charge in [0.15, 0.2) is 0 Å². The van der Waals surface area contributed by atoms with Gasteiger partial charge in [0.1, 0.15) is 10.3 Å². The van der Waals surface area contributed by atoms with Crippen LogP contribution in [0.1, 0.15) is 73.2 Å². The van der Waals surface area contributed by atoms with Crippen LogP contribution in [0.4, 0.5) is 10.7 Å². The fraction of sp³-hybridized carbons (Fsp3) is 0.265. The number of methoxy groups -OCH3 is 1. The molecule has 0 radical (unpaired) electrons. The number of amides is 2. The molecule has 0 fully saturated rings. The SMILES string of the molecule is COC(=O)c1c(NC(=O)C(Sc2cccc(NC(=O)c3ccc(C)cc3)c2)c2ccccc2)sc2c1CCCCCC2. The Balaban J connectivity index is 1.40. The van der Waals surface area contributed by atoms with Gasteiger partial charge in [-0.2, -0.15) is 0 Å². The van der Waals surface area contributed by atoms with Crippen LogP contribution in [-0.2, 0) is 22.4 Å². The smallest absolute Gasteiger partial charge is 0.341 e. The maximum atomic E-state index is 14.0. The van der Waals surface area contributed by atoms with E-state index in [4.69, 9.17) is 4.74 Å². The molecule has 2 N–H and O–H groups in total. The summed E-state index contributed by atoms with van der Waals surface area (Å²) >= 11 is 2.89. The Morgan fingerprint density at radius 1 is 0.857 bits per heavy atom. The lowest BCUT2D eigenvalue weighted by molar-refractivity contribution is -0.115. The molecule has 1 aromatic heterocycles. The minimum absolute atomic E-state index is 0.196. The number of ether oxygens (including phenoxy) is 1. The van der Waals surface area contributed by atoms with E-state index in [9.17, 15) is 14.4 Å². The molecule has 8 heteroatoms. The number of thioether (sulfide) groups is 1. The fourth-order valence-electron chi connectivity index (χ4n) is 5.10. The molecule has 1 heterocycles. The second-order valence-corrected chi connectivity index (χ2v) is 12.6. The second kappa shape index (κ2) is 13.9. The quantitative estimate of drug-likeness (QED) is 0.158. The molecule has 1 aliphatic rings. The molecule has 4 aromatic rings. The van der Waals surface area contributed by atoms with Crippen molar-refractivity contribution in [3.05, 3.63) is 112 Å². The van der Waals surface area contributed by atoms with Crippen LogP contribution in [-0.4, -0.2) is 24.9 Å². The second-order valence-electron chi connectivity index (χ2n) is 10.4. The van der Waals surface area contributed by atoms with E-state index in [0.29, 0.717) is 21.8 Å². The first-order valence-corrected chi connectivity index (χ1v) is 15.9. The van der Waals surface area contributed by atoms with Gasteiger partial charge in [-0.05, 0) is 74.1 Å². The molecule has 1 aliphatic carbocycles. The molecule has 0 bridgehead atoms. The number of hydrogen-bond donors (Lipinski definition) is 2. The van der Waals surface area contributed by atoms with E-state index in [1.807, 2.05) is 73.7 Å². The van der Waals surface area contributed by atoms with E-state index in [1.165, 1.54) is 36.6 Å². The number of hydrogen-bond acceptors (Lipinski definition) is 6. The van der Waals surface area contributed by atoms with Gasteiger partial charge >= 0.3 is 5.97 Å². The van der Waals surface area contributed by atoms with Crippen molar-refractivity contribution < 1.29 is 19.1 Å². The third-order valence-electron chi connectivity index (χ3n) is 7.30. The molecule has 1 atom stereocenters. The summed E-state index contributed by atoms with van der Waals surface area (Å²) in [6.45, 7) is 1.98. The molecule has 3 aromatic carbocycles. The minimum atomic E-state index is -0.593. The third-order valence-corrected chi connectivity index (χ3v) is 9.75. The summed E-state index contributed by atoms with van der Waals surface area (Å²) in [5, 5.41) is 6.03. The van der Waals surface area contributed by atoms with Gasteiger partial charge in [0.2, 0.25) is 5.91 Å². The van der Waals surface area contributed by atoms with Crippen molar-refractivity contribution in [3.63, 3.8) is 0 Å². The van der Waals surface area contributed by atoms with Gasteiger partial charge in [0, 0.05) is 21.0 Å². The van der Waals surface area contributed by atoms with E-state index in [0.717, 1.165) is 58.6 Å². The number of thiophene rings is 1. The molecule has 0 saturated carbocycles. The summed E-state index contributed by atoms with van der Waals surface area (Å²) in [4.78, 5) is 41.7. The highest BCUT2D eigenvalue weighted by atomic mass is 32.2. The van der Waals surface area contributed by atoms with Crippen molar-refractivity contribution in [1.82, 2.24) is 0 Å². The number of nitrogens with one attached hydrogen (secondary N) is 2. The normalized spacial score (nSPS) is 13.7. The number of esters is 1. The van der Waals surface area contributed by atoms with Crippen LogP contribution >= 0.6 is 23.1 Å². The van der Waals surface area contributed by atoms with Crippen LogP contribution in [0.15, 0.2) is 83.8 Å². The average molecular weight is 599 g/mol. The molecule has 42 heavy (non-hydrogen) atoms. The van der Waals surface area contributed by atoms with Gasteiger partial charge < -0.3 is 15.4 Å². The van der Waals surface area contributed by atoms with Gasteiger partial charge in [0.05, 0.1) is 12.7 Å². The number of carbonyl (C=O) groups is 3. The van der Waals surface area contributed by atoms with Crippen molar-refractivity contribution in [3.8, 4) is 0 Å². The average Bonchev–Trinajstić information content (AvgIpc) is 3.31. The van der Waals surface area contributed by atoms with Gasteiger partial charge in [-0.15, -0.1) is 23.1 Å². The van der Waals surface area contributed by atoms with E-state index >= 15 is 0 Å². The van der Waals surface area contributed by atoms with Crippen LogP contribution < -0.4 is 10.6 Å². The Bertz CT molecular complexity index is 1560. The summed E-state index contributed by atoms with van der Waals surface area (Å²) in [6, 6.07) is 24.5. The molecular weight excluding hydrogens is 565 g/mol. The van der Waals surface area contributed by atoms with Gasteiger partial charge in [-0.3, -0.25) is 9.59 Å². The minimum Gasteiger partial charge on any atom is -0.465 e. The van der Waals surface area contributed by atoms with Crippen molar-refractivity contribution in [2.24, 2.45) is 0 Å². The number of rotatable bonds is 8. The number of benzene rings is 3. The Labute approximate surface area is 254 Å². The zero-order chi connectivity index (χ0) is 29.5.